The zero-order chi connectivity index (χ0) is 15.0. The van der Waals surface area contributed by atoms with E-state index in [2.05, 4.69) is 0 Å². The Labute approximate surface area is 118 Å². The van der Waals surface area contributed by atoms with E-state index >= 15 is 0 Å². The van der Waals surface area contributed by atoms with Crippen LogP contribution in [-0.4, -0.2) is 8.42 Å². The first-order chi connectivity index (χ1) is 9.19. The molecule has 7 heteroatoms. The zero-order valence-electron chi connectivity index (χ0n) is 9.86. The van der Waals surface area contributed by atoms with Crippen molar-refractivity contribution in [2.45, 2.75) is 11.1 Å². The van der Waals surface area contributed by atoms with Gasteiger partial charge in [-0.2, -0.15) is 13.2 Å². The molecule has 0 aliphatic carbocycles. The van der Waals surface area contributed by atoms with E-state index in [0.29, 0.717) is 11.6 Å². The van der Waals surface area contributed by atoms with Gasteiger partial charge < -0.3 is 0 Å². The predicted molar refractivity (Wildman–Crippen MR) is 69.9 cm³/mol. The summed E-state index contributed by atoms with van der Waals surface area (Å²) in [4.78, 5) is -0.555. The molecule has 0 saturated heterocycles. The van der Waals surface area contributed by atoms with Gasteiger partial charge in [0.05, 0.1) is 10.5 Å². The van der Waals surface area contributed by atoms with Crippen molar-refractivity contribution in [1.82, 2.24) is 0 Å². The summed E-state index contributed by atoms with van der Waals surface area (Å²) in [5, 5.41) is 0. The predicted octanol–water partition coefficient (Wildman–Crippen LogP) is 4.30. The first kappa shape index (κ1) is 14.9. The molecule has 106 valence electrons. The molecule has 0 heterocycles. The Kier molecular flexibility index (Phi) is 3.80. The van der Waals surface area contributed by atoms with Crippen LogP contribution in [0.4, 0.5) is 13.2 Å². The highest BCUT2D eigenvalue weighted by atomic mass is 35.7. The van der Waals surface area contributed by atoms with Crippen LogP contribution in [-0.2, 0) is 15.2 Å². The maximum Gasteiger partial charge on any atom is 0.416 e. The summed E-state index contributed by atoms with van der Waals surface area (Å²) in [5.74, 6) is 0. The second kappa shape index (κ2) is 5.10. The Morgan fingerprint density at radius 3 is 2.05 bits per heavy atom. The lowest BCUT2D eigenvalue weighted by atomic mass is 10.0. The molecule has 0 atom stereocenters. The third-order valence-corrected chi connectivity index (χ3v) is 4.02. The van der Waals surface area contributed by atoms with Crippen molar-refractivity contribution >= 4 is 19.7 Å². The molecule has 0 aromatic heterocycles. The molecular weight excluding hydrogens is 313 g/mol. The molecule has 20 heavy (non-hydrogen) atoms. The van der Waals surface area contributed by atoms with Gasteiger partial charge in [-0.3, -0.25) is 0 Å². The van der Waals surface area contributed by atoms with Crippen molar-refractivity contribution in [3.8, 4) is 11.1 Å². The average molecular weight is 321 g/mol. The minimum atomic E-state index is -4.63. The molecule has 0 unspecified atom stereocenters. The van der Waals surface area contributed by atoms with Gasteiger partial charge in [-0.1, -0.05) is 36.4 Å². The van der Waals surface area contributed by atoms with Gasteiger partial charge in [0.25, 0.3) is 9.05 Å². The lowest BCUT2D eigenvalue weighted by molar-refractivity contribution is -0.137. The number of alkyl halides is 3. The summed E-state index contributed by atoms with van der Waals surface area (Å²) in [5.41, 5.74) is -0.453. The van der Waals surface area contributed by atoms with Gasteiger partial charge in [0.15, 0.2) is 0 Å². The molecule has 0 saturated carbocycles. The maximum atomic E-state index is 12.7. The molecule has 2 rings (SSSR count). The molecule has 0 fully saturated rings. The quantitative estimate of drug-likeness (QED) is 0.773. The minimum Gasteiger partial charge on any atom is -0.207 e. The summed E-state index contributed by atoms with van der Waals surface area (Å²) in [6.45, 7) is 0. The monoisotopic (exact) mass is 320 g/mol. The first-order valence-corrected chi connectivity index (χ1v) is 7.72. The standard InChI is InChI=1S/C13H8ClF3O2S/c14-20(18,19)12-8-10(13(15,16)17)6-7-11(12)9-4-2-1-3-5-9/h1-8H. The summed E-state index contributed by atoms with van der Waals surface area (Å²) < 4.78 is 61.0. The summed E-state index contributed by atoms with van der Waals surface area (Å²) in [7, 11) is 0.948. The van der Waals surface area contributed by atoms with E-state index in [1.807, 2.05) is 0 Å². The van der Waals surface area contributed by atoms with Crippen molar-refractivity contribution in [2.24, 2.45) is 0 Å². The van der Waals surface area contributed by atoms with E-state index < -0.39 is 25.7 Å². The maximum absolute atomic E-state index is 12.7. The van der Waals surface area contributed by atoms with Gasteiger partial charge in [0.2, 0.25) is 0 Å². The van der Waals surface area contributed by atoms with Crippen molar-refractivity contribution in [3.05, 3.63) is 54.1 Å². The Morgan fingerprint density at radius 2 is 1.55 bits per heavy atom. The topological polar surface area (TPSA) is 34.1 Å². The van der Waals surface area contributed by atoms with Crippen LogP contribution in [0.15, 0.2) is 53.4 Å². The molecule has 0 N–H and O–H groups in total. The lowest BCUT2D eigenvalue weighted by Crippen LogP contribution is -2.07. The third-order valence-electron chi connectivity index (χ3n) is 2.66. The largest absolute Gasteiger partial charge is 0.416 e. The third kappa shape index (κ3) is 3.13. The molecule has 0 aliphatic rings. The number of hydrogen-bond acceptors (Lipinski definition) is 2. The highest BCUT2D eigenvalue weighted by Crippen LogP contribution is 2.36. The van der Waals surface area contributed by atoms with Gasteiger partial charge in [-0.25, -0.2) is 8.42 Å². The van der Waals surface area contributed by atoms with E-state index in [4.69, 9.17) is 10.7 Å². The second-order valence-corrected chi connectivity index (χ2v) is 6.55. The van der Waals surface area contributed by atoms with Crippen LogP contribution >= 0.6 is 10.7 Å². The van der Waals surface area contributed by atoms with Gasteiger partial charge in [0.1, 0.15) is 0 Å². The molecule has 0 amide bonds. The van der Waals surface area contributed by atoms with Crippen LogP contribution < -0.4 is 0 Å². The zero-order valence-corrected chi connectivity index (χ0v) is 11.4. The van der Waals surface area contributed by atoms with E-state index in [-0.39, 0.29) is 5.56 Å². The summed E-state index contributed by atoms with van der Waals surface area (Å²) in [6.07, 6.45) is -4.63. The number of hydrogen-bond donors (Lipinski definition) is 0. The highest BCUT2D eigenvalue weighted by molar-refractivity contribution is 8.13. The summed E-state index contributed by atoms with van der Waals surface area (Å²) in [6, 6.07) is 10.7. The summed E-state index contributed by atoms with van der Waals surface area (Å²) >= 11 is 0. The fourth-order valence-corrected chi connectivity index (χ4v) is 2.86. The number of rotatable bonds is 2. The Hall–Kier alpha value is -1.53. The van der Waals surface area contributed by atoms with Gasteiger partial charge >= 0.3 is 6.18 Å². The van der Waals surface area contributed by atoms with Crippen LogP contribution in [0.25, 0.3) is 11.1 Å². The normalized spacial score (nSPS) is 12.4. The first-order valence-electron chi connectivity index (χ1n) is 5.41. The number of halogens is 4. The molecular formula is C13H8ClF3O2S. The van der Waals surface area contributed by atoms with Gasteiger partial charge in [0, 0.05) is 16.2 Å². The smallest absolute Gasteiger partial charge is 0.207 e. The van der Waals surface area contributed by atoms with E-state index in [0.717, 1.165) is 12.1 Å². The fourth-order valence-electron chi connectivity index (χ4n) is 1.76. The van der Waals surface area contributed by atoms with Gasteiger partial charge in [-0.05, 0) is 17.7 Å². The number of benzene rings is 2. The van der Waals surface area contributed by atoms with Crippen LogP contribution in [0.5, 0.6) is 0 Å². The lowest BCUT2D eigenvalue weighted by Gasteiger charge is -2.11. The van der Waals surface area contributed by atoms with Crippen LogP contribution in [0.3, 0.4) is 0 Å². The molecule has 2 nitrogen and oxygen atoms in total. The van der Waals surface area contributed by atoms with Gasteiger partial charge in [-0.15, -0.1) is 0 Å². The van der Waals surface area contributed by atoms with Crippen LogP contribution in [0.2, 0.25) is 0 Å². The van der Waals surface area contributed by atoms with Crippen LogP contribution in [0, 0.1) is 0 Å². The van der Waals surface area contributed by atoms with E-state index in [1.165, 1.54) is 0 Å². The Morgan fingerprint density at radius 1 is 0.950 bits per heavy atom. The van der Waals surface area contributed by atoms with E-state index in [1.54, 1.807) is 30.3 Å². The Bertz CT molecular complexity index is 725. The van der Waals surface area contributed by atoms with Crippen LogP contribution in [0.1, 0.15) is 5.56 Å². The molecule has 0 aliphatic heterocycles. The second-order valence-electron chi connectivity index (χ2n) is 4.01. The molecule has 2 aromatic rings. The van der Waals surface area contributed by atoms with E-state index in [9.17, 15) is 21.6 Å². The van der Waals surface area contributed by atoms with Crippen molar-refractivity contribution in [1.29, 1.82) is 0 Å². The van der Waals surface area contributed by atoms with Crippen molar-refractivity contribution in [2.75, 3.05) is 0 Å². The SMILES string of the molecule is O=S(=O)(Cl)c1cc(C(F)(F)F)ccc1-c1ccccc1. The van der Waals surface area contributed by atoms with Crippen molar-refractivity contribution < 1.29 is 21.6 Å². The molecule has 0 spiro atoms. The molecule has 0 bridgehead atoms. The van der Waals surface area contributed by atoms with Crippen molar-refractivity contribution in [3.63, 3.8) is 0 Å². The highest BCUT2D eigenvalue weighted by Gasteiger charge is 2.32. The minimum absolute atomic E-state index is 0.133. The Balaban J connectivity index is 2.71. The average Bonchev–Trinajstić information content (AvgIpc) is 2.37. The fraction of sp³-hybridized carbons (Fsp3) is 0.0769. The molecule has 2 aromatic carbocycles. The molecule has 0 radical (unpaired) electrons.